The summed E-state index contributed by atoms with van der Waals surface area (Å²) in [6.45, 7) is 3.62. The van der Waals surface area contributed by atoms with Crippen molar-refractivity contribution in [2.24, 2.45) is 0 Å². The van der Waals surface area contributed by atoms with Crippen LogP contribution in [0.3, 0.4) is 0 Å². The summed E-state index contributed by atoms with van der Waals surface area (Å²) >= 11 is 5.90. The first-order valence-electron chi connectivity index (χ1n) is 6.26. The van der Waals surface area contributed by atoms with E-state index >= 15 is 0 Å². The summed E-state index contributed by atoms with van der Waals surface area (Å²) in [5.41, 5.74) is 3.18. The Bertz CT molecular complexity index is 799. The molecule has 0 bridgehead atoms. The first-order chi connectivity index (χ1) is 10.1. The number of fused-ring (bicyclic) bond motifs is 1. The van der Waals surface area contributed by atoms with Crippen LogP contribution < -0.4 is 0 Å². The molecule has 0 atom stereocenters. The number of halogens is 1. The molecule has 104 valence electrons. The van der Waals surface area contributed by atoms with Crippen LogP contribution in [0.4, 0.5) is 0 Å². The summed E-state index contributed by atoms with van der Waals surface area (Å²) in [5.74, 6) is -0.543. The highest BCUT2D eigenvalue weighted by molar-refractivity contribution is 6.30. The van der Waals surface area contributed by atoms with Crippen molar-refractivity contribution in [2.75, 3.05) is 0 Å². The van der Waals surface area contributed by atoms with E-state index in [0.29, 0.717) is 16.3 Å². The van der Waals surface area contributed by atoms with Gasteiger partial charge in [0.2, 0.25) is 0 Å². The normalized spacial score (nSPS) is 10.7. The van der Waals surface area contributed by atoms with Gasteiger partial charge < -0.3 is 9.52 Å². The average molecular weight is 299 g/mol. The minimum atomic E-state index is -1.07. The molecule has 1 N–H and O–H groups in total. The van der Waals surface area contributed by atoms with Crippen molar-refractivity contribution in [1.82, 2.24) is 0 Å². The Kier molecular flexibility index (Phi) is 3.28. The fourth-order valence-corrected chi connectivity index (χ4v) is 2.42. The molecule has 1 aromatic rings. The van der Waals surface area contributed by atoms with E-state index in [1.165, 1.54) is 6.26 Å². The zero-order valence-electron chi connectivity index (χ0n) is 11.0. The van der Waals surface area contributed by atoms with Gasteiger partial charge in [-0.15, -0.1) is 0 Å². The molecule has 1 aliphatic carbocycles. The van der Waals surface area contributed by atoms with E-state index in [-0.39, 0.29) is 5.57 Å². The largest absolute Gasteiger partial charge is 0.478 e. The lowest BCUT2D eigenvalue weighted by Gasteiger charge is -2.04. The Morgan fingerprint density at radius 1 is 1.14 bits per heavy atom. The number of hydrogen-bond acceptors (Lipinski definition) is 2. The van der Waals surface area contributed by atoms with E-state index in [4.69, 9.17) is 21.1 Å². The van der Waals surface area contributed by atoms with Crippen LogP contribution in [-0.2, 0) is 4.79 Å². The summed E-state index contributed by atoms with van der Waals surface area (Å²) < 4.78 is 5.49. The van der Waals surface area contributed by atoms with Crippen LogP contribution in [0.1, 0.15) is 5.56 Å². The Hall–Kier alpha value is -2.52. The van der Waals surface area contributed by atoms with Crippen molar-refractivity contribution < 1.29 is 14.3 Å². The van der Waals surface area contributed by atoms with Crippen LogP contribution in [0, 0.1) is 0 Å². The number of carboxylic acid groups (broad SMARTS) is 1. The predicted octanol–water partition coefficient (Wildman–Crippen LogP) is 4.80. The van der Waals surface area contributed by atoms with Gasteiger partial charge in [0.15, 0.2) is 0 Å². The van der Waals surface area contributed by atoms with Crippen LogP contribution in [0.5, 0.6) is 0 Å². The first kappa shape index (κ1) is 13.5. The third-order valence-electron chi connectivity index (χ3n) is 3.33. The van der Waals surface area contributed by atoms with Crippen LogP contribution in [0.25, 0.3) is 28.0 Å². The standard InChI is InChI=1S/C17H11ClO3/c1-10(17(19)20)14-9-15(11-4-6-12(18)7-5-11)13-3-2-8-21-16(13)14/h2-9H,1H2,(H,19,20). The van der Waals surface area contributed by atoms with Gasteiger partial charge in [0.25, 0.3) is 0 Å². The average Bonchev–Trinajstić information content (AvgIpc) is 2.87. The Balaban J connectivity index is 2.22. The second kappa shape index (κ2) is 5.11. The van der Waals surface area contributed by atoms with Crippen LogP contribution >= 0.6 is 11.6 Å². The molecule has 0 spiro atoms. The van der Waals surface area contributed by atoms with Crippen molar-refractivity contribution in [3.63, 3.8) is 0 Å². The SMILES string of the molecule is C=C(C(=O)O)c1cc(-c2ccc(Cl)cc2)c2cccoc1-2. The van der Waals surface area contributed by atoms with E-state index in [0.717, 1.165) is 16.7 Å². The number of carboxylic acids is 1. The van der Waals surface area contributed by atoms with E-state index < -0.39 is 5.97 Å². The molecule has 0 unspecified atom stereocenters. The van der Waals surface area contributed by atoms with Crippen molar-refractivity contribution in [2.45, 2.75) is 0 Å². The Morgan fingerprint density at radius 3 is 2.52 bits per heavy atom. The van der Waals surface area contributed by atoms with E-state index in [9.17, 15) is 4.79 Å². The van der Waals surface area contributed by atoms with E-state index in [2.05, 4.69) is 6.58 Å². The zero-order chi connectivity index (χ0) is 15.0. The lowest BCUT2D eigenvalue weighted by molar-refractivity contribution is -0.130. The van der Waals surface area contributed by atoms with Gasteiger partial charge in [0, 0.05) is 16.1 Å². The number of rotatable bonds is 3. The lowest BCUT2D eigenvalue weighted by Crippen LogP contribution is -1.97. The topological polar surface area (TPSA) is 50.4 Å². The highest BCUT2D eigenvalue weighted by atomic mass is 35.5. The lowest BCUT2D eigenvalue weighted by atomic mass is 10.0. The van der Waals surface area contributed by atoms with Crippen molar-refractivity contribution in [3.8, 4) is 22.5 Å². The van der Waals surface area contributed by atoms with Crippen molar-refractivity contribution >= 4 is 23.1 Å². The molecule has 21 heavy (non-hydrogen) atoms. The summed E-state index contributed by atoms with van der Waals surface area (Å²) in [5, 5.41) is 9.80. The van der Waals surface area contributed by atoms with Crippen LogP contribution in [-0.4, -0.2) is 11.1 Å². The number of hydrogen-bond donors (Lipinski definition) is 1. The molecule has 1 aromatic carbocycles. The van der Waals surface area contributed by atoms with E-state index in [1.54, 1.807) is 24.3 Å². The minimum absolute atomic E-state index is 0.00941. The number of carbonyl (C=O) groups is 1. The summed E-state index contributed by atoms with van der Waals surface area (Å²) in [6, 6.07) is 12.8. The maximum absolute atomic E-state index is 11.2. The third-order valence-corrected chi connectivity index (χ3v) is 3.59. The fraction of sp³-hybridized carbons (Fsp3) is 0. The molecule has 0 aromatic heterocycles. The molecular formula is C17H11ClO3. The van der Waals surface area contributed by atoms with Crippen molar-refractivity contribution in [3.05, 3.63) is 65.9 Å². The fourth-order valence-electron chi connectivity index (χ4n) is 2.30. The molecule has 3 nitrogen and oxygen atoms in total. The highest BCUT2D eigenvalue weighted by Crippen LogP contribution is 2.41. The second-order valence-electron chi connectivity index (χ2n) is 4.62. The van der Waals surface area contributed by atoms with Crippen LogP contribution in [0.15, 0.2) is 59.7 Å². The van der Waals surface area contributed by atoms with Crippen molar-refractivity contribution in [1.29, 1.82) is 0 Å². The second-order valence-corrected chi connectivity index (χ2v) is 5.05. The third kappa shape index (κ3) is 2.32. The first-order valence-corrected chi connectivity index (χ1v) is 6.64. The monoisotopic (exact) mass is 298 g/mol. The zero-order valence-corrected chi connectivity index (χ0v) is 11.7. The van der Waals surface area contributed by atoms with Gasteiger partial charge in [-0.05, 0) is 41.5 Å². The molecule has 1 aliphatic heterocycles. The van der Waals surface area contributed by atoms with Gasteiger partial charge >= 0.3 is 5.97 Å². The highest BCUT2D eigenvalue weighted by Gasteiger charge is 2.23. The van der Waals surface area contributed by atoms with Gasteiger partial charge in [0.05, 0.1) is 11.8 Å². The molecule has 4 heteroatoms. The predicted molar refractivity (Wildman–Crippen MR) is 82.4 cm³/mol. The minimum Gasteiger partial charge on any atom is -0.478 e. The Morgan fingerprint density at radius 2 is 1.86 bits per heavy atom. The maximum Gasteiger partial charge on any atom is 0.335 e. The number of aliphatic carboxylic acids is 1. The maximum atomic E-state index is 11.2. The van der Waals surface area contributed by atoms with Gasteiger partial charge in [-0.3, -0.25) is 0 Å². The van der Waals surface area contributed by atoms with Gasteiger partial charge in [-0.1, -0.05) is 30.3 Å². The molecule has 0 saturated carbocycles. The molecule has 0 saturated heterocycles. The molecule has 2 aliphatic rings. The molecular weight excluding hydrogens is 288 g/mol. The summed E-state index contributed by atoms with van der Waals surface area (Å²) in [6.07, 6.45) is 1.52. The smallest absolute Gasteiger partial charge is 0.335 e. The summed E-state index contributed by atoms with van der Waals surface area (Å²) in [7, 11) is 0. The summed E-state index contributed by atoms with van der Waals surface area (Å²) in [4.78, 5) is 11.2. The quantitative estimate of drug-likeness (QED) is 0.706. The molecule has 0 radical (unpaired) electrons. The van der Waals surface area contributed by atoms with Crippen LogP contribution in [0.2, 0.25) is 5.02 Å². The number of benzene rings is 1. The Labute approximate surface area is 126 Å². The van der Waals surface area contributed by atoms with E-state index in [1.807, 2.05) is 18.2 Å². The molecule has 1 heterocycles. The molecule has 0 amide bonds. The van der Waals surface area contributed by atoms with Gasteiger partial charge in [-0.2, -0.15) is 0 Å². The van der Waals surface area contributed by atoms with Gasteiger partial charge in [0.1, 0.15) is 5.76 Å². The molecule has 0 fully saturated rings. The molecule has 3 rings (SSSR count). The van der Waals surface area contributed by atoms with Gasteiger partial charge in [-0.25, -0.2) is 4.79 Å².